The number of rotatable bonds is 8. The summed E-state index contributed by atoms with van der Waals surface area (Å²) in [7, 11) is 0.645. The van der Waals surface area contributed by atoms with E-state index in [0.29, 0.717) is 19.0 Å². The molecule has 0 aromatic rings. The van der Waals surface area contributed by atoms with Crippen LogP contribution in [0.4, 0.5) is 0 Å². The van der Waals surface area contributed by atoms with Gasteiger partial charge in [-0.25, -0.2) is 0 Å². The molecule has 2 atom stereocenters. The monoisotopic (exact) mass is 236 g/mol. The fourth-order valence-electron chi connectivity index (χ4n) is 1.09. The maximum Gasteiger partial charge on any atom is 0.306 e. The molecule has 0 rings (SSSR count). The van der Waals surface area contributed by atoms with Gasteiger partial charge in [-0.3, -0.25) is 9.00 Å². The number of ether oxygens (including phenoxy) is 2. The van der Waals surface area contributed by atoms with Crippen LogP contribution in [0, 0.1) is 0 Å². The molecule has 0 aromatic carbocycles. The highest BCUT2D eigenvalue weighted by Crippen LogP contribution is 2.04. The molecule has 0 saturated carbocycles. The smallest absolute Gasteiger partial charge is 0.306 e. The van der Waals surface area contributed by atoms with Gasteiger partial charge in [-0.2, -0.15) is 0 Å². The second-order valence-corrected chi connectivity index (χ2v) is 5.23. The number of hydrogen-bond donors (Lipinski definition) is 0. The molecule has 0 aliphatic rings. The minimum absolute atomic E-state index is 0.138. The first-order valence-electron chi connectivity index (χ1n) is 5.13. The molecule has 4 nitrogen and oxygen atoms in total. The lowest BCUT2D eigenvalue weighted by Crippen LogP contribution is -2.20. The highest BCUT2D eigenvalue weighted by molar-refractivity contribution is 7.85. The van der Waals surface area contributed by atoms with Crippen molar-refractivity contribution in [2.45, 2.75) is 31.9 Å². The summed E-state index contributed by atoms with van der Waals surface area (Å²) < 4.78 is 21.3. The van der Waals surface area contributed by atoms with Crippen LogP contribution in [-0.4, -0.2) is 41.5 Å². The highest BCUT2D eigenvalue weighted by Gasteiger charge is 2.15. The zero-order valence-electron chi connectivity index (χ0n) is 9.65. The SMILES string of the molecule is CCOC(=O)CC(C)S(=O)CCCOC. The Kier molecular flexibility index (Phi) is 8.61. The Hall–Kier alpha value is -0.420. The van der Waals surface area contributed by atoms with Crippen molar-refractivity contribution in [1.82, 2.24) is 0 Å². The van der Waals surface area contributed by atoms with Gasteiger partial charge in [-0.15, -0.1) is 0 Å². The third-order valence-electron chi connectivity index (χ3n) is 1.90. The molecular weight excluding hydrogens is 216 g/mol. The van der Waals surface area contributed by atoms with E-state index in [2.05, 4.69) is 0 Å². The number of hydrogen-bond acceptors (Lipinski definition) is 4. The van der Waals surface area contributed by atoms with Gasteiger partial charge >= 0.3 is 5.97 Å². The molecule has 0 heterocycles. The van der Waals surface area contributed by atoms with E-state index in [1.165, 1.54) is 0 Å². The van der Waals surface area contributed by atoms with E-state index in [-0.39, 0.29) is 17.6 Å². The van der Waals surface area contributed by atoms with Crippen LogP contribution < -0.4 is 0 Å². The quantitative estimate of drug-likeness (QED) is 0.468. The lowest BCUT2D eigenvalue weighted by atomic mass is 10.3. The van der Waals surface area contributed by atoms with Crippen molar-refractivity contribution >= 4 is 16.8 Å². The Morgan fingerprint density at radius 1 is 1.47 bits per heavy atom. The van der Waals surface area contributed by atoms with Crippen molar-refractivity contribution < 1.29 is 18.5 Å². The minimum atomic E-state index is -0.971. The van der Waals surface area contributed by atoms with Crippen LogP contribution in [0.5, 0.6) is 0 Å². The molecule has 0 aliphatic carbocycles. The topological polar surface area (TPSA) is 52.6 Å². The summed E-state index contributed by atoms with van der Waals surface area (Å²) in [5, 5.41) is -0.138. The van der Waals surface area contributed by atoms with Gasteiger partial charge in [0.05, 0.1) is 13.0 Å². The van der Waals surface area contributed by atoms with Gasteiger partial charge in [0.25, 0.3) is 0 Å². The van der Waals surface area contributed by atoms with Crippen LogP contribution in [0.1, 0.15) is 26.7 Å². The summed E-state index contributed by atoms with van der Waals surface area (Å²) in [4.78, 5) is 11.1. The number of carbonyl (C=O) groups is 1. The molecule has 5 heteroatoms. The Morgan fingerprint density at radius 2 is 2.13 bits per heavy atom. The van der Waals surface area contributed by atoms with E-state index < -0.39 is 10.8 Å². The van der Waals surface area contributed by atoms with Gasteiger partial charge in [-0.1, -0.05) is 6.92 Å². The Morgan fingerprint density at radius 3 is 2.67 bits per heavy atom. The van der Waals surface area contributed by atoms with Gasteiger partial charge in [0.15, 0.2) is 0 Å². The van der Waals surface area contributed by atoms with E-state index in [9.17, 15) is 9.00 Å². The van der Waals surface area contributed by atoms with Crippen LogP contribution in [0.2, 0.25) is 0 Å². The van der Waals surface area contributed by atoms with Crippen LogP contribution in [0.15, 0.2) is 0 Å². The molecule has 0 bridgehead atoms. The van der Waals surface area contributed by atoms with E-state index in [1.54, 1.807) is 21.0 Å². The first-order chi connectivity index (χ1) is 7.11. The average Bonchev–Trinajstić information content (AvgIpc) is 2.18. The Balaban J connectivity index is 3.73. The fourth-order valence-corrected chi connectivity index (χ4v) is 2.22. The van der Waals surface area contributed by atoms with Crippen molar-refractivity contribution in [3.63, 3.8) is 0 Å². The maximum absolute atomic E-state index is 11.6. The molecule has 0 radical (unpaired) electrons. The molecule has 0 amide bonds. The zero-order chi connectivity index (χ0) is 11.7. The Bertz CT molecular complexity index is 206. The molecule has 0 spiro atoms. The van der Waals surface area contributed by atoms with Crippen LogP contribution >= 0.6 is 0 Å². The van der Waals surface area contributed by atoms with Gasteiger partial charge < -0.3 is 9.47 Å². The fraction of sp³-hybridized carbons (Fsp3) is 0.900. The van der Waals surface area contributed by atoms with Crippen molar-refractivity contribution in [2.24, 2.45) is 0 Å². The summed E-state index contributed by atoms with van der Waals surface area (Å²) in [5.41, 5.74) is 0. The summed E-state index contributed by atoms with van der Waals surface area (Å²) in [5.74, 6) is 0.305. The zero-order valence-corrected chi connectivity index (χ0v) is 10.5. The lowest BCUT2D eigenvalue weighted by molar-refractivity contribution is -0.143. The van der Waals surface area contributed by atoms with Crippen molar-refractivity contribution in [3.05, 3.63) is 0 Å². The van der Waals surface area contributed by atoms with Gasteiger partial charge in [0.1, 0.15) is 0 Å². The van der Waals surface area contributed by atoms with Gasteiger partial charge in [0.2, 0.25) is 0 Å². The Labute approximate surface area is 93.8 Å². The third kappa shape index (κ3) is 7.50. The molecular formula is C10H20O4S. The predicted octanol–water partition coefficient (Wildman–Crippen LogP) is 1.11. The summed E-state index contributed by atoms with van der Waals surface area (Å²) in [6, 6.07) is 0. The summed E-state index contributed by atoms with van der Waals surface area (Å²) in [6.07, 6.45) is 0.990. The van der Waals surface area contributed by atoms with Crippen molar-refractivity contribution in [2.75, 3.05) is 26.1 Å². The second-order valence-electron chi connectivity index (χ2n) is 3.25. The minimum Gasteiger partial charge on any atom is -0.466 e. The van der Waals surface area contributed by atoms with Crippen LogP contribution in [0.3, 0.4) is 0 Å². The number of carbonyl (C=O) groups excluding carboxylic acids is 1. The second kappa shape index (κ2) is 8.85. The highest BCUT2D eigenvalue weighted by atomic mass is 32.2. The molecule has 0 N–H and O–H groups in total. The van der Waals surface area contributed by atoms with Gasteiger partial charge in [0, 0.05) is 35.5 Å². The predicted molar refractivity (Wildman–Crippen MR) is 60.2 cm³/mol. The summed E-state index contributed by atoms with van der Waals surface area (Å²) in [6.45, 7) is 4.55. The van der Waals surface area contributed by atoms with Crippen molar-refractivity contribution in [3.8, 4) is 0 Å². The van der Waals surface area contributed by atoms with E-state index in [4.69, 9.17) is 9.47 Å². The van der Waals surface area contributed by atoms with Gasteiger partial charge in [-0.05, 0) is 13.3 Å². The first-order valence-corrected chi connectivity index (χ1v) is 6.51. The molecule has 0 saturated heterocycles. The molecule has 0 fully saturated rings. The molecule has 15 heavy (non-hydrogen) atoms. The maximum atomic E-state index is 11.6. The van der Waals surface area contributed by atoms with Crippen molar-refractivity contribution in [1.29, 1.82) is 0 Å². The summed E-state index contributed by atoms with van der Waals surface area (Å²) >= 11 is 0. The standard InChI is InChI=1S/C10H20O4S/c1-4-14-10(11)8-9(2)15(12)7-5-6-13-3/h9H,4-8H2,1-3H3. The van der Waals surface area contributed by atoms with E-state index in [1.807, 2.05) is 0 Å². The van der Waals surface area contributed by atoms with E-state index >= 15 is 0 Å². The van der Waals surface area contributed by atoms with Crippen LogP contribution in [0.25, 0.3) is 0 Å². The third-order valence-corrected chi connectivity index (χ3v) is 3.66. The molecule has 2 unspecified atom stereocenters. The van der Waals surface area contributed by atoms with E-state index in [0.717, 1.165) is 6.42 Å². The number of esters is 1. The molecule has 90 valence electrons. The normalized spacial score (nSPS) is 14.6. The average molecular weight is 236 g/mol. The largest absolute Gasteiger partial charge is 0.466 e. The molecule has 0 aliphatic heterocycles. The van der Waals surface area contributed by atoms with Crippen LogP contribution in [-0.2, 0) is 25.1 Å². The lowest BCUT2D eigenvalue weighted by Gasteiger charge is -2.10. The molecule has 0 aromatic heterocycles. The first kappa shape index (κ1) is 14.6. The number of methoxy groups -OCH3 is 1.